The number of hydroxylamine groups is 1. The van der Waals surface area contributed by atoms with Gasteiger partial charge < -0.3 is 31.2 Å². The number of hydrazone groups is 1. The first-order chi connectivity index (χ1) is 15.6. The van der Waals surface area contributed by atoms with E-state index in [-0.39, 0.29) is 19.0 Å². The fourth-order valence-electron chi connectivity index (χ4n) is 2.60. The van der Waals surface area contributed by atoms with Gasteiger partial charge in [-0.3, -0.25) is 10.4 Å². The highest BCUT2D eigenvalue weighted by molar-refractivity contribution is 5.99. The third-order valence-electron chi connectivity index (χ3n) is 3.84. The van der Waals surface area contributed by atoms with Crippen LogP contribution in [0.5, 0.6) is 0 Å². The number of carbonyl (C=O) groups is 2. The standard InChI is InChI=1S/C16H26N6O4.C5H11NO2/c1-16(2,3)26-15(23)20(10-8-17)11-9-18-14-19-22(25)13-7-5-4-6-12(13)21(14)24;1-5(2,3)8-4(6)7/h4-7,24-25H,8-11,17H2,1-3H3,(H,18,19);1-3H3,(H2,6,7). The van der Waals surface area contributed by atoms with Crippen LogP contribution in [0.3, 0.4) is 0 Å². The fraction of sp³-hybridized carbons (Fsp3) is 0.571. The Morgan fingerprint density at radius 2 is 1.59 bits per heavy atom. The third-order valence-corrected chi connectivity index (χ3v) is 3.84. The Kier molecular flexibility index (Phi) is 10.4. The van der Waals surface area contributed by atoms with E-state index in [0.29, 0.717) is 29.6 Å². The van der Waals surface area contributed by atoms with Gasteiger partial charge in [-0.2, -0.15) is 5.06 Å². The second-order valence-electron chi connectivity index (χ2n) is 9.23. The Bertz CT molecular complexity index is 851. The second kappa shape index (κ2) is 12.3. The highest BCUT2D eigenvalue weighted by Crippen LogP contribution is 2.30. The number of hydrogen-bond acceptors (Lipinski definition) is 11. The molecular weight excluding hydrogens is 446 g/mol. The van der Waals surface area contributed by atoms with Crippen molar-refractivity contribution in [2.45, 2.75) is 52.7 Å². The molecule has 1 aromatic carbocycles. The molecule has 1 heterocycles. The van der Waals surface area contributed by atoms with Gasteiger partial charge in [0.2, 0.25) is 5.96 Å². The molecule has 0 saturated heterocycles. The zero-order valence-electron chi connectivity index (χ0n) is 20.6. The quantitative estimate of drug-likeness (QED) is 0.416. The Hall–Kier alpha value is -3.29. The smallest absolute Gasteiger partial charge is 0.410 e. The fourth-order valence-corrected chi connectivity index (χ4v) is 2.60. The Morgan fingerprint density at radius 3 is 2.06 bits per heavy atom. The first kappa shape index (κ1) is 28.7. The van der Waals surface area contributed by atoms with Gasteiger partial charge in [-0.1, -0.05) is 12.1 Å². The van der Waals surface area contributed by atoms with E-state index in [2.05, 4.69) is 15.2 Å². The summed E-state index contributed by atoms with van der Waals surface area (Å²) < 4.78 is 9.92. The summed E-state index contributed by atoms with van der Waals surface area (Å²) >= 11 is 0. The Balaban J connectivity index is 0.000000620. The first-order valence-corrected chi connectivity index (χ1v) is 10.7. The van der Waals surface area contributed by atoms with Crippen molar-refractivity contribution in [2.75, 3.05) is 36.4 Å². The second-order valence-corrected chi connectivity index (χ2v) is 9.23. The van der Waals surface area contributed by atoms with Crippen LogP contribution < -0.4 is 27.0 Å². The summed E-state index contributed by atoms with van der Waals surface area (Å²) in [6.45, 7) is 11.8. The lowest BCUT2D eigenvalue weighted by atomic mass is 10.2. The van der Waals surface area contributed by atoms with Gasteiger partial charge >= 0.3 is 12.2 Å². The largest absolute Gasteiger partial charge is 0.444 e. The van der Waals surface area contributed by atoms with Gasteiger partial charge in [0.15, 0.2) is 0 Å². The van der Waals surface area contributed by atoms with Crippen LogP contribution in [-0.2, 0) is 9.47 Å². The van der Waals surface area contributed by atoms with E-state index in [4.69, 9.17) is 16.2 Å². The molecule has 7 N–H and O–H groups in total. The van der Waals surface area contributed by atoms with Crippen molar-refractivity contribution < 1.29 is 29.5 Å². The minimum Gasteiger partial charge on any atom is -0.444 e. The summed E-state index contributed by atoms with van der Waals surface area (Å²) in [5.41, 5.74) is 9.94. The monoisotopic (exact) mass is 483 g/mol. The van der Waals surface area contributed by atoms with E-state index in [1.807, 2.05) is 0 Å². The SMILES string of the molecule is CC(C)(C)OC(=O)N(CCN)CCNC1=NN(O)c2ccccc2N1O.CC(C)(C)OC(N)=O. The van der Waals surface area contributed by atoms with Crippen LogP contribution in [0.1, 0.15) is 41.5 Å². The van der Waals surface area contributed by atoms with Crippen molar-refractivity contribution in [3.8, 4) is 0 Å². The molecule has 0 fully saturated rings. The number of anilines is 2. The third kappa shape index (κ3) is 10.1. The van der Waals surface area contributed by atoms with Crippen molar-refractivity contribution in [3.05, 3.63) is 24.3 Å². The first-order valence-electron chi connectivity index (χ1n) is 10.7. The number of hydrogen-bond donors (Lipinski definition) is 5. The zero-order valence-corrected chi connectivity index (χ0v) is 20.6. The van der Waals surface area contributed by atoms with Gasteiger partial charge in [-0.15, -0.1) is 10.3 Å². The molecule has 0 bridgehead atoms. The Morgan fingerprint density at radius 1 is 1.03 bits per heavy atom. The molecular formula is C21H37N7O6. The molecule has 13 nitrogen and oxygen atoms in total. The minimum atomic E-state index is -0.725. The van der Waals surface area contributed by atoms with Crippen LogP contribution in [0.25, 0.3) is 0 Å². The number of rotatable bonds is 5. The summed E-state index contributed by atoms with van der Waals surface area (Å²) in [6, 6.07) is 6.69. The molecule has 1 aliphatic heterocycles. The topological polar surface area (TPSA) is 179 Å². The number of ether oxygens (including phenoxy) is 2. The van der Waals surface area contributed by atoms with Crippen LogP contribution in [0.4, 0.5) is 21.0 Å². The highest BCUT2D eigenvalue weighted by atomic mass is 16.6. The number of primary amides is 1. The molecule has 0 unspecified atom stereocenters. The maximum atomic E-state index is 12.2. The number of amides is 2. The van der Waals surface area contributed by atoms with Crippen LogP contribution in [0.15, 0.2) is 29.4 Å². The average Bonchev–Trinajstić information content (AvgIpc) is 2.68. The number of nitrogens with one attached hydrogen (secondary N) is 1. The molecule has 1 aromatic rings. The molecule has 0 aliphatic carbocycles. The number of fused-ring (bicyclic) bond motifs is 1. The zero-order chi connectivity index (χ0) is 26.1. The van der Waals surface area contributed by atoms with Crippen molar-refractivity contribution in [1.82, 2.24) is 10.2 Å². The maximum Gasteiger partial charge on any atom is 0.410 e. The van der Waals surface area contributed by atoms with Crippen molar-refractivity contribution >= 4 is 29.5 Å². The summed E-state index contributed by atoms with van der Waals surface area (Å²) in [4.78, 5) is 23.7. The van der Waals surface area contributed by atoms with Crippen LogP contribution in [0, 0.1) is 0 Å². The van der Waals surface area contributed by atoms with Crippen LogP contribution in [0.2, 0.25) is 0 Å². The predicted molar refractivity (Wildman–Crippen MR) is 128 cm³/mol. The number of guanidine groups is 1. The highest BCUT2D eigenvalue weighted by Gasteiger charge is 2.25. The summed E-state index contributed by atoms with van der Waals surface area (Å²) in [5, 5.41) is 28.4. The van der Waals surface area contributed by atoms with Crippen LogP contribution >= 0.6 is 0 Å². The van der Waals surface area contributed by atoms with E-state index < -0.39 is 23.4 Å². The number of nitrogens with two attached hydrogens (primary N) is 2. The molecule has 0 spiro atoms. The van der Waals surface area contributed by atoms with Crippen molar-refractivity contribution in [1.29, 1.82) is 0 Å². The molecule has 13 heteroatoms. The molecule has 0 aromatic heterocycles. The van der Waals surface area contributed by atoms with Gasteiger partial charge in [0, 0.05) is 26.2 Å². The van der Waals surface area contributed by atoms with Crippen LogP contribution in [-0.4, -0.2) is 70.8 Å². The number of carbonyl (C=O) groups excluding carboxylic acids is 2. The lowest BCUT2D eigenvalue weighted by molar-refractivity contribution is 0.0258. The number of benzene rings is 1. The van der Waals surface area contributed by atoms with Gasteiger partial charge in [0.1, 0.15) is 22.6 Å². The molecule has 0 radical (unpaired) electrons. The predicted octanol–water partition coefficient (Wildman–Crippen LogP) is 2.03. The van der Waals surface area contributed by atoms with E-state index >= 15 is 0 Å². The molecule has 34 heavy (non-hydrogen) atoms. The van der Waals surface area contributed by atoms with Crippen molar-refractivity contribution in [2.24, 2.45) is 16.6 Å². The van der Waals surface area contributed by atoms with Crippen molar-refractivity contribution in [3.63, 3.8) is 0 Å². The maximum absolute atomic E-state index is 12.2. The minimum absolute atomic E-state index is 0.0306. The lowest BCUT2D eigenvalue weighted by Gasteiger charge is -2.30. The Labute approximate surface area is 199 Å². The molecule has 0 atom stereocenters. The summed E-state index contributed by atoms with van der Waals surface area (Å²) in [6.07, 6.45) is -1.19. The molecule has 0 saturated carbocycles. The van der Waals surface area contributed by atoms with E-state index in [1.54, 1.807) is 65.8 Å². The molecule has 2 rings (SSSR count). The van der Waals surface area contributed by atoms with Gasteiger partial charge in [-0.05, 0) is 53.7 Å². The molecule has 1 aliphatic rings. The molecule has 192 valence electrons. The summed E-state index contributed by atoms with van der Waals surface area (Å²) in [5.74, 6) is 0.0306. The summed E-state index contributed by atoms with van der Waals surface area (Å²) in [7, 11) is 0. The van der Waals surface area contributed by atoms with E-state index in [0.717, 1.165) is 5.06 Å². The van der Waals surface area contributed by atoms with Gasteiger partial charge in [0.25, 0.3) is 0 Å². The van der Waals surface area contributed by atoms with Gasteiger partial charge in [0.05, 0.1) is 0 Å². The lowest BCUT2D eigenvalue weighted by Crippen LogP contribution is -2.48. The average molecular weight is 484 g/mol. The number of nitrogens with zero attached hydrogens (tertiary/aromatic N) is 4. The van der Waals surface area contributed by atoms with E-state index in [9.17, 15) is 20.0 Å². The molecule has 2 amide bonds. The van der Waals surface area contributed by atoms with E-state index in [1.165, 1.54) is 4.90 Å². The normalized spacial score (nSPS) is 13.1. The number of para-hydroxylation sites is 2. The van der Waals surface area contributed by atoms with Gasteiger partial charge in [-0.25, -0.2) is 9.59 Å².